The zero-order valence-electron chi connectivity index (χ0n) is 13.5. The van der Waals surface area contributed by atoms with Gasteiger partial charge in [-0.1, -0.05) is 28.1 Å². The van der Waals surface area contributed by atoms with E-state index in [1.54, 1.807) is 4.90 Å². The molecule has 124 valence electrons. The van der Waals surface area contributed by atoms with Crippen LogP contribution >= 0.6 is 27.3 Å². The van der Waals surface area contributed by atoms with Crippen molar-refractivity contribution in [2.45, 2.75) is 19.9 Å². The van der Waals surface area contributed by atoms with Crippen LogP contribution in [0.5, 0.6) is 0 Å². The minimum Gasteiger partial charge on any atom is -0.459 e. The number of aromatic nitrogens is 1. The zero-order valence-corrected chi connectivity index (χ0v) is 15.9. The Hall–Kier alpha value is -1.92. The monoisotopic (exact) mass is 404 g/mol. The predicted molar refractivity (Wildman–Crippen MR) is 98.9 cm³/mol. The van der Waals surface area contributed by atoms with Crippen molar-refractivity contribution in [3.63, 3.8) is 0 Å². The van der Waals surface area contributed by atoms with Gasteiger partial charge in [-0.3, -0.25) is 4.79 Å². The van der Waals surface area contributed by atoms with Crippen molar-refractivity contribution >= 4 is 33.2 Å². The Bertz CT molecular complexity index is 839. The lowest BCUT2D eigenvalue weighted by atomic mass is 10.2. The highest BCUT2D eigenvalue weighted by Crippen LogP contribution is 2.25. The number of benzene rings is 1. The van der Waals surface area contributed by atoms with Gasteiger partial charge in [0.2, 0.25) is 5.91 Å². The Morgan fingerprint density at radius 1 is 1.25 bits per heavy atom. The van der Waals surface area contributed by atoms with E-state index in [0.29, 0.717) is 13.0 Å². The third-order valence-electron chi connectivity index (χ3n) is 3.59. The number of amides is 1. The SMILES string of the molecule is Cc1ccc(-c2nc(CC(=O)N(C)Cc3ccc(Br)cc3)cs2)o1. The minimum atomic E-state index is 0.0467. The number of nitrogens with zero attached hydrogens (tertiary/aromatic N) is 2. The third-order valence-corrected chi connectivity index (χ3v) is 5.03. The fraction of sp³-hybridized carbons (Fsp3) is 0.222. The molecule has 0 bridgehead atoms. The highest BCUT2D eigenvalue weighted by Gasteiger charge is 2.14. The van der Waals surface area contributed by atoms with Crippen LogP contribution in [0.1, 0.15) is 17.0 Å². The van der Waals surface area contributed by atoms with Gasteiger partial charge in [0.15, 0.2) is 10.8 Å². The number of likely N-dealkylation sites (N-methyl/N-ethyl adjacent to an activating group) is 1. The average molecular weight is 405 g/mol. The summed E-state index contributed by atoms with van der Waals surface area (Å²) in [7, 11) is 1.81. The second kappa shape index (κ2) is 7.32. The van der Waals surface area contributed by atoms with Gasteiger partial charge in [0.05, 0.1) is 12.1 Å². The number of carbonyl (C=O) groups excluding carboxylic acids is 1. The molecule has 0 saturated heterocycles. The highest BCUT2D eigenvalue weighted by molar-refractivity contribution is 9.10. The van der Waals surface area contributed by atoms with Gasteiger partial charge < -0.3 is 9.32 Å². The topological polar surface area (TPSA) is 46.3 Å². The average Bonchev–Trinajstić information content (AvgIpc) is 3.18. The summed E-state index contributed by atoms with van der Waals surface area (Å²) >= 11 is 4.91. The van der Waals surface area contributed by atoms with Crippen molar-refractivity contribution in [1.29, 1.82) is 0 Å². The van der Waals surface area contributed by atoms with Crippen molar-refractivity contribution < 1.29 is 9.21 Å². The largest absolute Gasteiger partial charge is 0.459 e. The van der Waals surface area contributed by atoms with Crippen LogP contribution in [0.3, 0.4) is 0 Å². The van der Waals surface area contributed by atoms with E-state index in [9.17, 15) is 4.79 Å². The number of hydrogen-bond donors (Lipinski definition) is 0. The van der Waals surface area contributed by atoms with Crippen molar-refractivity contribution in [2.75, 3.05) is 7.05 Å². The lowest BCUT2D eigenvalue weighted by molar-refractivity contribution is -0.129. The minimum absolute atomic E-state index is 0.0467. The summed E-state index contributed by atoms with van der Waals surface area (Å²) in [6.45, 7) is 2.49. The molecule has 2 aromatic heterocycles. The lowest BCUT2D eigenvalue weighted by Crippen LogP contribution is -2.27. The van der Waals surface area contributed by atoms with Crippen LogP contribution in [0.25, 0.3) is 10.8 Å². The number of hydrogen-bond acceptors (Lipinski definition) is 4. The Morgan fingerprint density at radius 2 is 2.00 bits per heavy atom. The maximum atomic E-state index is 12.4. The van der Waals surface area contributed by atoms with E-state index in [1.165, 1.54) is 11.3 Å². The van der Waals surface area contributed by atoms with Crippen LogP contribution in [-0.2, 0) is 17.8 Å². The first-order valence-electron chi connectivity index (χ1n) is 7.51. The molecule has 0 N–H and O–H groups in total. The fourth-order valence-corrected chi connectivity index (χ4v) is 3.34. The van der Waals surface area contributed by atoms with Gasteiger partial charge in [-0.2, -0.15) is 0 Å². The summed E-state index contributed by atoms with van der Waals surface area (Å²) in [6, 6.07) is 11.8. The molecule has 0 aliphatic heterocycles. The standard InChI is InChI=1S/C18H17BrN2O2S/c1-12-3-8-16(23-12)18-20-15(11-24-18)9-17(22)21(2)10-13-4-6-14(19)7-5-13/h3-8,11H,9-10H2,1-2H3. The lowest BCUT2D eigenvalue weighted by Gasteiger charge is -2.16. The second-order valence-electron chi connectivity index (χ2n) is 5.61. The summed E-state index contributed by atoms with van der Waals surface area (Å²) < 4.78 is 6.60. The van der Waals surface area contributed by atoms with Crippen LogP contribution in [-0.4, -0.2) is 22.8 Å². The van der Waals surface area contributed by atoms with Crippen LogP contribution in [0, 0.1) is 6.92 Å². The van der Waals surface area contributed by atoms with Crippen molar-refractivity contribution in [3.8, 4) is 10.8 Å². The molecule has 0 fully saturated rings. The molecule has 0 saturated carbocycles. The van der Waals surface area contributed by atoms with Crippen LogP contribution in [0.15, 0.2) is 50.7 Å². The van der Waals surface area contributed by atoms with Crippen molar-refractivity contribution in [1.82, 2.24) is 9.88 Å². The number of aryl methyl sites for hydroxylation is 1. The molecule has 0 aliphatic carbocycles. The quantitative estimate of drug-likeness (QED) is 0.620. The molecule has 3 aromatic rings. The Kier molecular flexibility index (Phi) is 5.16. The molecule has 1 amide bonds. The second-order valence-corrected chi connectivity index (χ2v) is 7.38. The molecule has 0 spiro atoms. The number of rotatable bonds is 5. The summed E-state index contributed by atoms with van der Waals surface area (Å²) in [5.74, 6) is 1.65. The molecular formula is C18H17BrN2O2S. The Morgan fingerprint density at radius 3 is 2.67 bits per heavy atom. The Labute approximate surface area is 153 Å². The first-order chi connectivity index (χ1) is 11.5. The van der Waals surface area contributed by atoms with E-state index in [0.717, 1.165) is 32.3 Å². The molecule has 3 rings (SSSR count). The molecule has 2 heterocycles. The van der Waals surface area contributed by atoms with E-state index in [-0.39, 0.29) is 5.91 Å². The molecule has 0 radical (unpaired) electrons. The van der Waals surface area contributed by atoms with Gasteiger partial charge in [-0.25, -0.2) is 4.98 Å². The molecule has 24 heavy (non-hydrogen) atoms. The van der Waals surface area contributed by atoms with Gasteiger partial charge in [-0.05, 0) is 36.8 Å². The van der Waals surface area contributed by atoms with Gasteiger partial charge in [0.1, 0.15) is 5.76 Å². The maximum Gasteiger partial charge on any atom is 0.228 e. The fourth-order valence-electron chi connectivity index (χ4n) is 2.29. The Balaban J connectivity index is 1.62. The molecule has 0 atom stereocenters. The normalized spacial score (nSPS) is 10.8. The van der Waals surface area contributed by atoms with E-state index in [4.69, 9.17) is 4.42 Å². The van der Waals surface area contributed by atoms with Crippen LogP contribution < -0.4 is 0 Å². The molecular weight excluding hydrogens is 388 g/mol. The number of carbonyl (C=O) groups is 1. The summed E-state index contributed by atoms with van der Waals surface area (Å²) in [5.41, 5.74) is 1.87. The molecule has 0 unspecified atom stereocenters. The van der Waals surface area contributed by atoms with Gasteiger partial charge in [0.25, 0.3) is 0 Å². The number of thiazole rings is 1. The first kappa shape index (κ1) is 16.9. The molecule has 6 heteroatoms. The smallest absolute Gasteiger partial charge is 0.228 e. The maximum absolute atomic E-state index is 12.4. The van der Waals surface area contributed by atoms with Gasteiger partial charge in [0, 0.05) is 23.4 Å². The molecule has 4 nitrogen and oxygen atoms in total. The highest BCUT2D eigenvalue weighted by atomic mass is 79.9. The molecule has 0 aliphatic rings. The summed E-state index contributed by atoms with van der Waals surface area (Å²) in [4.78, 5) is 18.6. The number of furan rings is 1. The van der Waals surface area contributed by atoms with E-state index < -0.39 is 0 Å². The summed E-state index contributed by atoms with van der Waals surface area (Å²) in [6.07, 6.45) is 0.295. The van der Waals surface area contributed by atoms with Crippen molar-refractivity contribution in [3.05, 3.63) is 63.3 Å². The van der Waals surface area contributed by atoms with E-state index >= 15 is 0 Å². The van der Waals surface area contributed by atoms with E-state index in [2.05, 4.69) is 20.9 Å². The van der Waals surface area contributed by atoms with Crippen LogP contribution in [0.2, 0.25) is 0 Å². The summed E-state index contributed by atoms with van der Waals surface area (Å²) in [5, 5.41) is 2.72. The van der Waals surface area contributed by atoms with Crippen LogP contribution in [0.4, 0.5) is 0 Å². The first-order valence-corrected chi connectivity index (χ1v) is 9.18. The van der Waals surface area contributed by atoms with E-state index in [1.807, 2.05) is 55.7 Å². The zero-order chi connectivity index (χ0) is 17.1. The van der Waals surface area contributed by atoms with Crippen molar-refractivity contribution in [2.24, 2.45) is 0 Å². The van der Waals surface area contributed by atoms with Gasteiger partial charge in [-0.15, -0.1) is 11.3 Å². The van der Waals surface area contributed by atoms with Gasteiger partial charge >= 0.3 is 0 Å². The third kappa shape index (κ3) is 4.13. The predicted octanol–water partition coefficient (Wildman–Crippen LogP) is 4.68. The molecule has 1 aromatic carbocycles. The number of halogens is 1.